The minimum absolute atomic E-state index is 0.0918. The first kappa shape index (κ1) is 15.3. The molecule has 2 rings (SSSR count). The first-order valence-corrected chi connectivity index (χ1v) is 6.72. The summed E-state index contributed by atoms with van der Waals surface area (Å²) < 4.78 is 13.9. The number of pyridine rings is 1. The lowest BCUT2D eigenvalue weighted by Gasteiger charge is -2.25. The van der Waals surface area contributed by atoms with Gasteiger partial charge in [-0.2, -0.15) is 0 Å². The van der Waals surface area contributed by atoms with E-state index in [1.807, 2.05) is 19.1 Å². The first-order valence-electron chi connectivity index (χ1n) is 6.34. The third-order valence-electron chi connectivity index (χ3n) is 3.40. The maximum Gasteiger partial charge on any atom is 0.257 e. The van der Waals surface area contributed by atoms with Crippen molar-refractivity contribution < 1.29 is 9.18 Å². The number of hydrogen-bond acceptors (Lipinski definition) is 3. The average Bonchev–Trinajstić information content (AvgIpc) is 2.48. The lowest BCUT2D eigenvalue weighted by Crippen LogP contribution is -2.30. The minimum Gasteiger partial charge on any atom is -0.381 e. The number of nitrogen functional groups attached to an aromatic ring is 1. The lowest BCUT2D eigenvalue weighted by atomic mass is 10.1. The van der Waals surface area contributed by atoms with Crippen LogP contribution in [0.4, 0.5) is 10.2 Å². The molecule has 4 nitrogen and oxygen atoms in total. The molecule has 1 amide bonds. The van der Waals surface area contributed by atoms with Crippen molar-refractivity contribution in [1.82, 2.24) is 9.88 Å². The second-order valence-corrected chi connectivity index (χ2v) is 5.14. The van der Waals surface area contributed by atoms with Gasteiger partial charge in [-0.25, -0.2) is 9.37 Å². The van der Waals surface area contributed by atoms with Gasteiger partial charge in [0.15, 0.2) is 11.6 Å². The number of amides is 1. The topological polar surface area (TPSA) is 59.2 Å². The summed E-state index contributed by atoms with van der Waals surface area (Å²) in [6.07, 6.45) is 1.31. The molecule has 0 aliphatic carbocycles. The van der Waals surface area contributed by atoms with E-state index >= 15 is 0 Å². The van der Waals surface area contributed by atoms with E-state index in [4.69, 9.17) is 17.3 Å². The third kappa shape index (κ3) is 3.13. The molecule has 0 saturated carbocycles. The summed E-state index contributed by atoms with van der Waals surface area (Å²) in [6.45, 7) is 1.85. The van der Waals surface area contributed by atoms with Gasteiger partial charge in [0.05, 0.1) is 11.6 Å². The fraction of sp³-hybridized carbons (Fsp3) is 0.200. The molecule has 0 saturated heterocycles. The van der Waals surface area contributed by atoms with Gasteiger partial charge in [0.25, 0.3) is 5.91 Å². The molecule has 0 aliphatic heterocycles. The Hall–Kier alpha value is -2.14. The maximum atomic E-state index is 13.9. The highest BCUT2D eigenvalue weighted by Gasteiger charge is 2.22. The molecule has 6 heteroatoms. The van der Waals surface area contributed by atoms with Crippen LogP contribution >= 0.6 is 11.6 Å². The van der Waals surface area contributed by atoms with Crippen LogP contribution < -0.4 is 5.73 Å². The van der Waals surface area contributed by atoms with Gasteiger partial charge in [-0.1, -0.05) is 23.7 Å². The van der Waals surface area contributed by atoms with Crippen molar-refractivity contribution in [3.8, 4) is 0 Å². The molecule has 0 fully saturated rings. The molecule has 2 N–H and O–H groups in total. The van der Waals surface area contributed by atoms with Crippen LogP contribution in [0, 0.1) is 5.82 Å². The van der Waals surface area contributed by atoms with Crippen molar-refractivity contribution in [2.24, 2.45) is 0 Å². The minimum atomic E-state index is -0.794. The molecule has 21 heavy (non-hydrogen) atoms. The van der Waals surface area contributed by atoms with Crippen molar-refractivity contribution in [3.05, 3.63) is 58.5 Å². The quantitative estimate of drug-likeness (QED) is 0.946. The highest BCUT2D eigenvalue weighted by molar-refractivity contribution is 6.30. The van der Waals surface area contributed by atoms with Crippen LogP contribution in [0.2, 0.25) is 5.02 Å². The molecule has 0 radical (unpaired) electrons. The van der Waals surface area contributed by atoms with Crippen molar-refractivity contribution in [2.75, 3.05) is 12.8 Å². The van der Waals surface area contributed by atoms with Gasteiger partial charge >= 0.3 is 0 Å². The Kier molecular flexibility index (Phi) is 4.43. The van der Waals surface area contributed by atoms with Crippen molar-refractivity contribution in [3.63, 3.8) is 0 Å². The fourth-order valence-corrected chi connectivity index (χ4v) is 2.08. The van der Waals surface area contributed by atoms with Gasteiger partial charge in [-0.05, 0) is 30.7 Å². The molecule has 2 aromatic rings. The molecule has 1 atom stereocenters. The van der Waals surface area contributed by atoms with Crippen molar-refractivity contribution >= 4 is 23.3 Å². The molecule has 0 spiro atoms. The van der Waals surface area contributed by atoms with E-state index in [1.54, 1.807) is 19.2 Å². The fourth-order valence-electron chi connectivity index (χ4n) is 1.96. The Labute approximate surface area is 127 Å². The number of anilines is 1. The number of nitrogens with zero attached hydrogens (tertiary/aromatic N) is 2. The van der Waals surface area contributed by atoms with Gasteiger partial charge in [0, 0.05) is 18.3 Å². The van der Waals surface area contributed by atoms with Gasteiger partial charge in [-0.15, -0.1) is 0 Å². The van der Waals surface area contributed by atoms with Crippen LogP contribution in [-0.4, -0.2) is 22.8 Å². The van der Waals surface area contributed by atoms with E-state index in [0.717, 1.165) is 5.56 Å². The van der Waals surface area contributed by atoms with Gasteiger partial charge in [0.2, 0.25) is 0 Å². The monoisotopic (exact) mass is 307 g/mol. The third-order valence-corrected chi connectivity index (χ3v) is 3.65. The Morgan fingerprint density at radius 2 is 1.95 bits per heavy atom. The van der Waals surface area contributed by atoms with E-state index in [2.05, 4.69) is 4.98 Å². The molecule has 1 aromatic heterocycles. The zero-order chi connectivity index (χ0) is 15.6. The van der Waals surface area contributed by atoms with Gasteiger partial charge < -0.3 is 10.6 Å². The Morgan fingerprint density at radius 3 is 2.57 bits per heavy atom. The van der Waals surface area contributed by atoms with Crippen LogP contribution in [0.1, 0.15) is 28.9 Å². The van der Waals surface area contributed by atoms with Crippen LogP contribution in [0.25, 0.3) is 0 Å². The number of hydrogen-bond donors (Lipinski definition) is 1. The standard InChI is InChI=1S/C15H15ClFN3O/c1-9(10-3-5-11(16)6-4-10)20(2)15(21)12-7-8-19-14(18)13(12)17/h3-9H,1-2H3,(H2,18,19). The zero-order valence-corrected chi connectivity index (χ0v) is 12.4. The predicted octanol–water partition coefficient (Wildman–Crippen LogP) is 3.29. The number of halogens is 2. The summed E-state index contributed by atoms with van der Waals surface area (Å²) in [5.41, 5.74) is 6.20. The highest BCUT2D eigenvalue weighted by atomic mass is 35.5. The van der Waals surface area contributed by atoms with Gasteiger partial charge in [0.1, 0.15) is 0 Å². The largest absolute Gasteiger partial charge is 0.381 e. The summed E-state index contributed by atoms with van der Waals surface area (Å²) >= 11 is 5.84. The average molecular weight is 308 g/mol. The van der Waals surface area contributed by atoms with E-state index in [9.17, 15) is 9.18 Å². The van der Waals surface area contributed by atoms with Crippen LogP contribution in [0.5, 0.6) is 0 Å². The predicted molar refractivity (Wildman–Crippen MR) is 80.6 cm³/mol. The van der Waals surface area contributed by atoms with Crippen molar-refractivity contribution in [2.45, 2.75) is 13.0 Å². The number of nitrogens with two attached hydrogens (primary N) is 1. The van der Waals surface area contributed by atoms with E-state index in [1.165, 1.54) is 17.2 Å². The number of aromatic nitrogens is 1. The summed E-state index contributed by atoms with van der Waals surface area (Å²) in [6, 6.07) is 8.23. The Morgan fingerprint density at radius 1 is 1.33 bits per heavy atom. The first-order chi connectivity index (χ1) is 9.91. The Bertz CT molecular complexity index is 660. The molecule has 110 valence electrons. The molecular weight excluding hydrogens is 293 g/mol. The van der Waals surface area contributed by atoms with E-state index < -0.39 is 11.7 Å². The highest BCUT2D eigenvalue weighted by Crippen LogP contribution is 2.23. The second kappa shape index (κ2) is 6.10. The lowest BCUT2D eigenvalue weighted by molar-refractivity contribution is 0.0738. The molecule has 1 aromatic carbocycles. The summed E-state index contributed by atoms with van der Waals surface area (Å²) in [7, 11) is 1.61. The zero-order valence-electron chi connectivity index (χ0n) is 11.7. The molecule has 1 unspecified atom stereocenters. The van der Waals surface area contributed by atoms with Gasteiger partial charge in [-0.3, -0.25) is 4.79 Å². The number of carbonyl (C=O) groups is 1. The van der Waals surface area contributed by atoms with E-state index in [0.29, 0.717) is 5.02 Å². The summed E-state index contributed by atoms with van der Waals surface area (Å²) in [5.74, 6) is -1.53. The normalized spacial score (nSPS) is 12.0. The number of carbonyl (C=O) groups excluding carboxylic acids is 1. The number of benzene rings is 1. The van der Waals surface area contributed by atoms with Crippen molar-refractivity contribution in [1.29, 1.82) is 0 Å². The van der Waals surface area contributed by atoms with Crippen LogP contribution in [0.3, 0.4) is 0 Å². The SMILES string of the molecule is CC(c1ccc(Cl)cc1)N(C)C(=O)c1ccnc(N)c1F. The molecule has 0 aliphatic rings. The molecular formula is C15H15ClFN3O. The van der Waals surface area contributed by atoms with E-state index in [-0.39, 0.29) is 17.4 Å². The molecule has 0 bridgehead atoms. The second-order valence-electron chi connectivity index (χ2n) is 4.70. The summed E-state index contributed by atoms with van der Waals surface area (Å²) in [5, 5.41) is 0.618. The Balaban J connectivity index is 2.26. The molecule has 1 heterocycles. The maximum absolute atomic E-state index is 13.9. The van der Waals surface area contributed by atoms with Crippen LogP contribution in [0.15, 0.2) is 36.5 Å². The smallest absolute Gasteiger partial charge is 0.257 e. The van der Waals surface area contributed by atoms with Crippen LogP contribution in [-0.2, 0) is 0 Å². The number of rotatable bonds is 3. The summed E-state index contributed by atoms with van der Waals surface area (Å²) in [4.78, 5) is 17.4.